The Labute approximate surface area is 162 Å². The SMILES string of the molecule is CC(C)(C)NC(=O)c1ccc(OCC(=O)C23CC4CC(CC(C4)C2)C3)cc1. The highest BCUT2D eigenvalue weighted by atomic mass is 16.5. The quantitative estimate of drug-likeness (QED) is 0.838. The maximum absolute atomic E-state index is 13.0. The summed E-state index contributed by atoms with van der Waals surface area (Å²) in [6, 6.07) is 7.08. The van der Waals surface area contributed by atoms with Crippen molar-refractivity contribution < 1.29 is 14.3 Å². The van der Waals surface area contributed by atoms with Gasteiger partial charge in [-0.1, -0.05) is 0 Å². The molecule has 0 atom stereocenters. The molecule has 5 rings (SSSR count). The molecule has 0 spiro atoms. The maximum Gasteiger partial charge on any atom is 0.251 e. The van der Waals surface area contributed by atoms with E-state index in [-0.39, 0.29) is 29.3 Å². The molecule has 4 aliphatic rings. The lowest BCUT2D eigenvalue weighted by atomic mass is 9.48. The van der Waals surface area contributed by atoms with E-state index in [1.165, 1.54) is 19.3 Å². The second-order valence-corrected chi connectivity index (χ2v) is 10.1. The molecule has 1 aromatic carbocycles. The van der Waals surface area contributed by atoms with Crippen LogP contribution in [0, 0.1) is 23.2 Å². The third-order valence-corrected chi connectivity index (χ3v) is 6.60. The molecule has 4 saturated carbocycles. The van der Waals surface area contributed by atoms with Crippen molar-refractivity contribution in [3.63, 3.8) is 0 Å². The fourth-order valence-corrected chi connectivity index (χ4v) is 5.87. The molecule has 4 bridgehead atoms. The number of Topliss-reactive ketones (excluding diaryl/α,β-unsaturated/α-hetero) is 1. The largest absolute Gasteiger partial charge is 0.486 e. The first-order valence-electron chi connectivity index (χ1n) is 10.3. The summed E-state index contributed by atoms with van der Waals surface area (Å²) in [5, 5.41) is 2.95. The molecule has 1 amide bonds. The minimum Gasteiger partial charge on any atom is -0.486 e. The van der Waals surface area contributed by atoms with Crippen molar-refractivity contribution >= 4 is 11.7 Å². The smallest absolute Gasteiger partial charge is 0.251 e. The van der Waals surface area contributed by atoms with Crippen LogP contribution in [-0.4, -0.2) is 23.8 Å². The summed E-state index contributed by atoms with van der Waals surface area (Å²) in [6.07, 6.45) is 7.25. The molecule has 0 radical (unpaired) electrons. The zero-order valence-electron chi connectivity index (χ0n) is 16.7. The Morgan fingerprint density at radius 2 is 1.52 bits per heavy atom. The fraction of sp³-hybridized carbons (Fsp3) is 0.652. The van der Waals surface area contributed by atoms with Crippen LogP contribution in [0.3, 0.4) is 0 Å². The van der Waals surface area contributed by atoms with Gasteiger partial charge in [-0.25, -0.2) is 0 Å². The molecule has 0 heterocycles. The Bertz CT molecular complexity index is 694. The van der Waals surface area contributed by atoms with E-state index in [1.807, 2.05) is 20.8 Å². The maximum atomic E-state index is 13.0. The van der Waals surface area contributed by atoms with Gasteiger partial charge in [0, 0.05) is 16.5 Å². The van der Waals surface area contributed by atoms with Crippen molar-refractivity contribution in [1.82, 2.24) is 5.32 Å². The summed E-state index contributed by atoms with van der Waals surface area (Å²) >= 11 is 0. The number of carbonyl (C=O) groups is 2. The van der Waals surface area contributed by atoms with Gasteiger partial charge < -0.3 is 10.1 Å². The summed E-state index contributed by atoms with van der Waals surface area (Å²) in [4.78, 5) is 25.2. The van der Waals surface area contributed by atoms with Crippen LogP contribution in [0.15, 0.2) is 24.3 Å². The summed E-state index contributed by atoms with van der Waals surface area (Å²) in [5.41, 5.74) is 0.224. The second-order valence-electron chi connectivity index (χ2n) is 10.1. The third-order valence-electron chi connectivity index (χ3n) is 6.60. The molecular weight excluding hydrogens is 338 g/mol. The average Bonchev–Trinajstić information content (AvgIpc) is 2.57. The van der Waals surface area contributed by atoms with Gasteiger partial charge in [0.2, 0.25) is 0 Å². The number of rotatable bonds is 5. The monoisotopic (exact) mass is 369 g/mol. The number of hydrogen-bond acceptors (Lipinski definition) is 3. The van der Waals surface area contributed by atoms with E-state index in [1.54, 1.807) is 24.3 Å². The molecule has 146 valence electrons. The molecule has 27 heavy (non-hydrogen) atoms. The van der Waals surface area contributed by atoms with Crippen molar-refractivity contribution in [3.8, 4) is 5.75 Å². The Morgan fingerprint density at radius 1 is 1.00 bits per heavy atom. The van der Waals surface area contributed by atoms with Crippen LogP contribution in [-0.2, 0) is 4.79 Å². The molecule has 4 fully saturated rings. The molecule has 1 aromatic rings. The molecule has 0 saturated heterocycles. The van der Waals surface area contributed by atoms with Gasteiger partial charge >= 0.3 is 0 Å². The van der Waals surface area contributed by atoms with Crippen LogP contribution >= 0.6 is 0 Å². The van der Waals surface area contributed by atoms with Crippen LogP contribution in [0.1, 0.15) is 69.7 Å². The first-order chi connectivity index (χ1) is 12.7. The first kappa shape index (κ1) is 18.5. The van der Waals surface area contributed by atoms with E-state index in [4.69, 9.17) is 4.74 Å². The molecule has 1 N–H and O–H groups in total. The highest BCUT2D eigenvalue weighted by molar-refractivity contribution is 5.94. The number of nitrogens with one attached hydrogen (secondary N) is 1. The number of carbonyl (C=O) groups excluding carboxylic acids is 2. The summed E-state index contributed by atoms with van der Waals surface area (Å²) < 4.78 is 5.81. The molecule has 0 unspecified atom stereocenters. The standard InChI is InChI=1S/C23H31NO3/c1-22(2,3)24-21(26)18-4-6-19(7-5-18)27-14-20(25)23-11-15-8-16(12-23)10-17(9-15)13-23/h4-7,15-17H,8-14H2,1-3H3,(H,24,26). The lowest BCUT2D eigenvalue weighted by Gasteiger charge is -2.55. The second kappa shape index (κ2) is 6.65. The minimum atomic E-state index is -0.267. The number of ether oxygens (including phenoxy) is 1. The third kappa shape index (κ3) is 3.90. The lowest BCUT2D eigenvalue weighted by molar-refractivity contribution is -0.145. The number of ketones is 1. The van der Waals surface area contributed by atoms with Gasteiger partial charge in [-0.3, -0.25) is 9.59 Å². The Morgan fingerprint density at radius 3 is 2.00 bits per heavy atom. The van der Waals surface area contributed by atoms with Crippen molar-refractivity contribution in [3.05, 3.63) is 29.8 Å². The van der Waals surface area contributed by atoms with Crippen molar-refractivity contribution in [1.29, 1.82) is 0 Å². The highest BCUT2D eigenvalue weighted by Crippen LogP contribution is 2.60. The van der Waals surface area contributed by atoms with Gasteiger partial charge in [-0.2, -0.15) is 0 Å². The first-order valence-corrected chi connectivity index (χ1v) is 10.3. The highest BCUT2D eigenvalue weighted by Gasteiger charge is 2.54. The number of hydrogen-bond donors (Lipinski definition) is 1. The van der Waals surface area contributed by atoms with Crippen LogP contribution in [0.25, 0.3) is 0 Å². The Hall–Kier alpha value is -1.84. The summed E-state index contributed by atoms with van der Waals surface area (Å²) in [7, 11) is 0. The molecule has 0 aliphatic heterocycles. The Kier molecular flexibility index (Phi) is 4.56. The van der Waals surface area contributed by atoms with Crippen LogP contribution in [0.5, 0.6) is 5.75 Å². The summed E-state index contributed by atoms with van der Waals surface area (Å²) in [5.74, 6) is 3.14. The van der Waals surface area contributed by atoms with Crippen LogP contribution < -0.4 is 10.1 Å². The van der Waals surface area contributed by atoms with Crippen LogP contribution in [0.2, 0.25) is 0 Å². The van der Waals surface area contributed by atoms with E-state index in [2.05, 4.69) is 5.32 Å². The molecule has 4 aliphatic carbocycles. The average molecular weight is 370 g/mol. The summed E-state index contributed by atoms with van der Waals surface area (Å²) in [6.45, 7) is 6.02. The lowest BCUT2D eigenvalue weighted by Crippen LogP contribution is -2.51. The fourth-order valence-electron chi connectivity index (χ4n) is 5.87. The predicted octanol–water partition coefficient (Wildman–Crippen LogP) is 4.38. The van der Waals surface area contributed by atoms with Gasteiger partial charge in [0.25, 0.3) is 5.91 Å². The van der Waals surface area contributed by atoms with Gasteiger partial charge in [-0.05, 0) is 101 Å². The molecule has 4 heteroatoms. The van der Waals surface area contributed by atoms with Crippen molar-refractivity contribution in [2.75, 3.05) is 6.61 Å². The van der Waals surface area contributed by atoms with E-state index < -0.39 is 0 Å². The van der Waals surface area contributed by atoms with Crippen molar-refractivity contribution in [2.45, 2.75) is 64.8 Å². The van der Waals surface area contributed by atoms with E-state index in [0.29, 0.717) is 11.3 Å². The topological polar surface area (TPSA) is 55.4 Å². The number of amides is 1. The van der Waals surface area contributed by atoms with E-state index >= 15 is 0 Å². The zero-order chi connectivity index (χ0) is 19.2. The number of benzene rings is 1. The van der Waals surface area contributed by atoms with E-state index in [9.17, 15) is 9.59 Å². The van der Waals surface area contributed by atoms with E-state index in [0.717, 1.165) is 37.0 Å². The molecule has 0 aromatic heterocycles. The minimum absolute atomic E-state index is 0.0984. The zero-order valence-corrected chi connectivity index (χ0v) is 16.7. The van der Waals surface area contributed by atoms with Gasteiger partial charge in [0.05, 0.1) is 0 Å². The van der Waals surface area contributed by atoms with Crippen LogP contribution in [0.4, 0.5) is 0 Å². The van der Waals surface area contributed by atoms with Gasteiger partial charge in [-0.15, -0.1) is 0 Å². The van der Waals surface area contributed by atoms with Gasteiger partial charge in [0.15, 0.2) is 5.78 Å². The van der Waals surface area contributed by atoms with Crippen molar-refractivity contribution in [2.24, 2.45) is 23.2 Å². The molecule has 4 nitrogen and oxygen atoms in total. The Balaban J connectivity index is 1.35. The normalized spacial score (nSPS) is 31.6. The predicted molar refractivity (Wildman–Crippen MR) is 105 cm³/mol. The van der Waals surface area contributed by atoms with Gasteiger partial charge in [0.1, 0.15) is 12.4 Å². The molecular formula is C23H31NO3.